The zero-order valence-electron chi connectivity index (χ0n) is 6.09. The summed E-state index contributed by atoms with van der Waals surface area (Å²) in [6.07, 6.45) is 3.06. The lowest BCUT2D eigenvalue weighted by Gasteiger charge is -1.86. The molecule has 4 nitrogen and oxygen atoms in total. The van der Waals surface area contributed by atoms with E-state index in [1.807, 2.05) is 6.07 Å². The first kappa shape index (κ1) is 6.68. The Kier molecular flexibility index (Phi) is 1.25. The number of nitriles is 1. The number of hydrogen-bond donors (Lipinski definition) is 2. The fourth-order valence-electron chi connectivity index (χ4n) is 1.17. The van der Waals surface area contributed by atoms with Crippen LogP contribution in [0, 0.1) is 11.3 Å². The van der Waals surface area contributed by atoms with Gasteiger partial charge in [-0.1, -0.05) is 0 Å². The van der Waals surface area contributed by atoms with Crippen LogP contribution in [-0.4, -0.2) is 9.97 Å². The second kappa shape index (κ2) is 2.24. The number of hydrogen-bond acceptors (Lipinski definition) is 2. The summed E-state index contributed by atoms with van der Waals surface area (Å²) in [6, 6.07) is 3.34. The van der Waals surface area contributed by atoms with Crippen LogP contribution in [0.3, 0.4) is 0 Å². The second-order valence-electron chi connectivity index (χ2n) is 2.41. The summed E-state index contributed by atoms with van der Waals surface area (Å²) in [4.78, 5) is 16.9. The predicted octanol–water partition coefficient (Wildman–Crippen LogP) is 0.728. The van der Waals surface area contributed by atoms with E-state index in [0.29, 0.717) is 16.6 Å². The number of H-pyrrole nitrogens is 2. The van der Waals surface area contributed by atoms with Crippen molar-refractivity contribution in [2.24, 2.45) is 0 Å². The standard InChI is InChI=1S/C8H5N3O/c9-3-5-4-11-8-7(5)6(12)1-2-10-8/h1-2,4H,(H2,10,11,12). The van der Waals surface area contributed by atoms with Gasteiger partial charge in [0.15, 0.2) is 5.43 Å². The Labute approximate surface area is 67.5 Å². The lowest BCUT2D eigenvalue weighted by Crippen LogP contribution is -1.99. The molecule has 0 bridgehead atoms. The van der Waals surface area contributed by atoms with Crippen molar-refractivity contribution in [2.75, 3.05) is 0 Å². The van der Waals surface area contributed by atoms with Crippen LogP contribution >= 0.6 is 0 Å². The normalized spacial score (nSPS) is 9.92. The van der Waals surface area contributed by atoms with Gasteiger partial charge < -0.3 is 9.97 Å². The van der Waals surface area contributed by atoms with Crippen LogP contribution < -0.4 is 5.43 Å². The molecule has 2 N–H and O–H groups in total. The maximum Gasteiger partial charge on any atom is 0.192 e. The highest BCUT2D eigenvalue weighted by atomic mass is 16.1. The molecule has 0 saturated carbocycles. The van der Waals surface area contributed by atoms with E-state index in [1.165, 1.54) is 12.3 Å². The molecule has 0 amide bonds. The summed E-state index contributed by atoms with van der Waals surface area (Å²) in [5.74, 6) is 0. The van der Waals surface area contributed by atoms with Crippen LogP contribution in [0.15, 0.2) is 23.3 Å². The zero-order valence-corrected chi connectivity index (χ0v) is 6.09. The van der Waals surface area contributed by atoms with Gasteiger partial charge in [0, 0.05) is 18.5 Å². The summed E-state index contributed by atoms with van der Waals surface area (Å²) in [6.45, 7) is 0. The molecule has 58 valence electrons. The van der Waals surface area contributed by atoms with Gasteiger partial charge in [0.1, 0.15) is 11.7 Å². The zero-order chi connectivity index (χ0) is 8.55. The molecule has 0 fully saturated rings. The lowest BCUT2D eigenvalue weighted by molar-refractivity contribution is 1.32. The summed E-state index contributed by atoms with van der Waals surface area (Å²) in [5, 5.41) is 9.06. The maximum atomic E-state index is 11.2. The Morgan fingerprint density at radius 2 is 2.25 bits per heavy atom. The van der Waals surface area contributed by atoms with E-state index in [2.05, 4.69) is 9.97 Å². The molecule has 0 aliphatic rings. The molecule has 2 heterocycles. The van der Waals surface area contributed by atoms with Crippen molar-refractivity contribution < 1.29 is 0 Å². The van der Waals surface area contributed by atoms with Gasteiger partial charge >= 0.3 is 0 Å². The van der Waals surface area contributed by atoms with E-state index in [0.717, 1.165) is 0 Å². The van der Waals surface area contributed by atoms with Crippen molar-refractivity contribution in [3.63, 3.8) is 0 Å². The van der Waals surface area contributed by atoms with Crippen LogP contribution in [0.1, 0.15) is 5.56 Å². The molecule has 0 radical (unpaired) electrons. The minimum atomic E-state index is -0.137. The average Bonchev–Trinajstić information content (AvgIpc) is 2.49. The molecule has 0 aromatic carbocycles. The van der Waals surface area contributed by atoms with Gasteiger partial charge in [-0.2, -0.15) is 5.26 Å². The maximum absolute atomic E-state index is 11.2. The molecule has 0 aliphatic heterocycles. The molecule has 2 rings (SSSR count). The number of nitrogens with one attached hydrogen (secondary N) is 2. The first-order valence-corrected chi connectivity index (χ1v) is 3.42. The number of rotatable bonds is 0. The largest absolute Gasteiger partial charge is 0.347 e. The van der Waals surface area contributed by atoms with Gasteiger partial charge in [-0.3, -0.25) is 4.79 Å². The third kappa shape index (κ3) is 0.736. The summed E-state index contributed by atoms with van der Waals surface area (Å²) < 4.78 is 0. The van der Waals surface area contributed by atoms with Gasteiger partial charge in [-0.15, -0.1) is 0 Å². The smallest absolute Gasteiger partial charge is 0.192 e. The molecule has 0 aliphatic carbocycles. The Hall–Kier alpha value is -2.02. The topological polar surface area (TPSA) is 72.4 Å². The molecular formula is C8H5N3O. The van der Waals surface area contributed by atoms with Crippen LogP contribution in [0.2, 0.25) is 0 Å². The fourth-order valence-corrected chi connectivity index (χ4v) is 1.17. The number of fused-ring (bicyclic) bond motifs is 1. The van der Waals surface area contributed by atoms with Crippen molar-refractivity contribution >= 4 is 11.0 Å². The molecule has 2 aromatic heterocycles. The molecule has 4 heteroatoms. The fraction of sp³-hybridized carbons (Fsp3) is 0. The Bertz CT molecular complexity index is 515. The van der Waals surface area contributed by atoms with Crippen LogP contribution in [-0.2, 0) is 0 Å². The SMILES string of the molecule is N#Cc1c[nH]c2[nH]ccc(=O)c12. The van der Waals surface area contributed by atoms with E-state index >= 15 is 0 Å². The quantitative estimate of drug-likeness (QED) is 0.594. The number of aromatic amines is 2. The Morgan fingerprint density at radius 1 is 1.42 bits per heavy atom. The molecule has 0 atom stereocenters. The van der Waals surface area contributed by atoms with E-state index < -0.39 is 0 Å². The third-order valence-corrected chi connectivity index (χ3v) is 1.71. The van der Waals surface area contributed by atoms with Crippen molar-refractivity contribution in [2.45, 2.75) is 0 Å². The van der Waals surface area contributed by atoms with Crippen LogP contribution in [0.5, 0.6) is 0 Å². The number of aromatic nitrogens is 2. The minimum Gasteiger partial charge on any atom is -0.347 e. The molecule has 0 spiro atoms. The van der Waals surface area contributed by atoms with Crippen molar-refractivity contribution in [1.29, 1.82) is 5.26 Å². The molecule has 0 saturated heterocycles. The predicted molar refractivity (Wildman–Crippen MR) is 43.6 cm³/mol. The summed E-state index contributed by atoms with van der Waals surface area (Å²) in [7, 11) is 0. The highest BCUT2D eigenvalue weighted by Gasteiger charge is 2.04. The Balaban J connectivity index is 3.05. The third-order valence-electron chi connectivity index (χ3n) is 1.71. The van der Waals surface area contributed by atoms with Crippen molar-refractivity contribution in [3.8, 4) is 6.07 Å². The highest BCUT2D eigenvalue weighted by molar-refractivity contribution is 5.81. The highest BCUT2D eigenvalue weighted by Crippen LogP contribution is 2.09. The van der Waals surface area contributed by atoms with Gasteiger partial charge in [0.25, 0.3) is 0 Å². The molecule has 12 heavy (non-hydrogen) atoms. The van der Waals surface area contributed by atoms with Crippen LogP contribution in [0.25, 0.3) is 11.0 Å². The average molecular weight is 159 g/mol. The van der Waals surface area contributed by atoms with E-state index in [9.17, 15) is 4.79 Å². The molecule has 2 aromatic rings. The first-order chi connectivity index (χ1) is 5.83. The lowest BCUT2D eigenvalue weighted by atomic mass is 10.2. The van der Waals surface area contributed by atoms with Crippen LogP contribution in [0.4, 0.5) is 0 Å². The van der Waals surface area contributed by atoms with Crippen molar-refractivity contribution in [1.82, 2.24) is 9.97 Å². The van der Waals surface area contributed by atoms with Gasteiger partial charge in [0.05, 0.1) is 10.9 Å². The second-order valence-corrected chi connectivity index (χ2v) is 2.41. The minimum absolute atomic E-state index is 0.137. The van der Waals surface area contributed by atoms with Gasteiger partial charge in [-0.25, -0.2) is 0 Å². The van der Waals surface area contributed by atoms with E-state index in [-0.39, 0.29) is 5.43 Å². The van der Waals surface area contributed by atoms with Crippen molar-refractivity contribution in [3.05, 3.63) is 34.2 Å². The molecule has 0 unspecified atom stereocenters. The summed E-state index contributed by atoms with van der Waals surface area (Å²) >= 11 is 0. The first-order valence-electron chi connectivity index (χ1n) is 3.42. The number of pyridine rings is 1. The monoisotopic (exact) mass is 159 g/mol. The van der Waals surface area contributed by atoms with E-state index in [1.54, 1.807) is 6.20 Å². The van der Waals surface area contributed by atoms with Gasteiger partial charge in [-0.05, 0) is 0 Å². The number of nitrogens with zero attached hydrogens (tertiary/aromatic N) is 1. The molecular weight excluding hydrogens is 154 g/mol. The Morgan fingerprint density at radius 3 is 3.00 bits per heavy atom. The van der Waals surface area contributed by atoms with E-state index in [4.69, 9.17) is 5.26 Å². The summed E-state index contributed by atoms with van der Waals surface area (Å²) in [5.41, 5.74) is 0.840. The van der Waals surface area contributed by atoms with Gasteiger partial charge in [0.2, 0.25) is 0 Å².